The molecule has 11 heavy (non-hydrogen) atoms. The molecule has 0 aliphatic rings. The lowest BCUT2D eigenvalue weighted by Crippen LogP contribution is -1.93. The van der Waals surface area contributed by atoms with Crippen molar-refractivity contribution < 1.29 is 8.78 Å². The highest BCUT2D eigenvalue weighted by Crippen LogP contribution is 2.12. The summed E-state index contributed by atoms with van der Waals surface area (Å²) in [7, 11) is 0. The first-order valence-corrected chi connectivity index (χ1v) is 3.41. The molecule has 1 rings (SSSR count). The van der Waals surface area contributed by atoms with Crippen molar-refractivity contribution in [3.63, 3.8) is 0 Å². The van der Waals surface area contributed by atoms with Gasteiger partial charge in [0.05, 0.1) is 0 Å². The third-order valence-corrected chi connectivity index (χ3v) is 1.000. The molecule has 0 amide bonds. The summed E-state index contributed by atoms with van der Waals surface area (Å²) in [6.45, 7) is 4.00. The van der Waals surface area contributed by atoms with E-state index in [1.165, 1.54) is 6.07 Å². The van der Waals surface area contributed by atoms with Crippen LogP contribution in [0, 0.1) is 11.6 Å². The average Bonchev–Trinajstić information content (AvgIpc) is 2.04. The van der Waals surface area contributed by atoms with Crippen molar-refractivity contribution in [1.82, 2.24) is 0 Å². The lowest BCUT2D eigenvalue weighted by atomic mass is 10.3. The Hall–Kier alpha value is -1.12. The van der Waals surface area contributed by atoms with E-state index < -0.39 is 17.3 Å². The van der Waals surface area contributed by atoms with Crippen LogP contribution in [0.4, 0.5) is 14.5 Å². The van der Waals surface area contributed by atoms with Crippen molar-refractivity contribution in [1.29, 1.82) is 0 Å². The maximum atomic E-state index is 12.2. The standard InChI is InChI=1S/C6H5F2N.C2H6/c7-4-2-1-3-5(8)6(4)9;1-2/h1-3H,9H2;1-2H3. The quantitative estimate of drug-likeness (QED) is 0.578. The zero-order valence-electron chi connectivity index (χ0n) is 6.57. The topological polar surface area (TPSA) is 26.0 Å². The second kappa shape index (κ2) is 4.66. The van der Waals surface area contributed by atoms with Gasteiger partial charge in [0.2, 0.25) is 0 Å². The molecule has 3 heteroatoms. The van der Waals surface area contributed by atoms with Gasteiger partial charge in [-0.3, -0.25) is 0 Å². The Labute approximate surface area is 64.8 Å². The maximum Gasteiger partial charge on any atom is 0.149 e. The number of halogens is 2. The number of hydrogen-bond donors (Lipinski definition) is 1. The van der Waals surface area contributed by atoms with Gasteiger partial charge in [0.1, 0.15) is 17.3 Å². The molecule has 0 aromatic heterocycles. The Kier molecular flexibility index (Phi) is 4.18. The zero-order valence-corrected chi connectivity index (χ0v) is 6.57. The van der Waals surface area contributed by atoms with Gasteiger partial charge in [0.25, 0.3) is 0 Å². The summed E-state index contributed by atoms with van der Waals surface area (Å²) < 4.78 is 24.4. The molecule has 0 bridgehead atoms. The maximum absolute atomic E-state index is 12.2. The third kappa shape index (κ3) is 2.53. The highest BCUT2D eigenvalue weighted by Gasteiger charge is 2.00. The summed E-state index contributed by atoms with van der Waals surface area (Å²) >= 11 is 0. The van der Waals surface area contributed by atoms with Crippen LogP contribution in [0.1, 0.15) is 13.8 Å². The van der Waals surface area contributed by atoms with Crippen molar-refractivity contribution >= 4 is 5.69 Å². The highest BCUT2D eigenvalue weighted by molar-refractivity contribution is 5.40. The fraction of sp³-hybridized carbons (Fsp3) is 0.250. The molecule has 1 aromatic carbocycles. The molecule has 1 aromatic rings. The number of rotatable bonds is 0. The summed E-state index contributed by atoms with van der Waals surface area (Å²) in [5.41, 5.74) is 4.51. The molecule has 0 fully saturated rings. The van der Waals surface area contributed by atoms with Crippen LogP contribution in [0.5, 0.6) is 0 Å². The lowest BCUT2D eigenvalue weighted by molar-refractivity contribution is 0.592. The minimum absolute atomic E-state index is 0.419. The molecule has 0 heterocycles. The number of benzene rings is 1. The molecular formula is C8H11F2N. The summed E-state index contributed by atoms with van der Waals surface area (Å²) in [6.07, 6.45) is 0. The van der Waals surface area contributed by atoms with E-state index in [-0.39, 0.29) is 0 Å². The van der Waals surface area contributed by atoms with Crippen LogP contribution in [0.3, 0.4) is 0 Å². The highest BCUT2D eigenvalue weighted by atomic mass is 19.1. The van der Waals surface area contributed by atoms with Gasteiger partial charge in [-0.15, -0.1) is 0 Å². The normalized spacial score (nSPS) is 8.36. The van der Waals surface area contributed by atoms with Crippen LogP contribution in [-0.2, 0) is 0 Å². The van der Waals surface area contributed by atoms with Gasteiger partial charge in [-0.25, -0.2) is 8.78 Å². The largest absolute Gasteiger partial charge is 0.394 e. The second-order valence-corrected chi connectivity index (χ2v) is 1.64. The molecule has 0 spiro atoms. The van der Waals surface area contributed by atoms with Crippen LogP contribution in [-0.4, -0.2) is 0 Å². The van der Waals surface area contributed by atoms with Gasteiger partial charge in [0.15, 0.2) is 0 Å². The van der Waals surface area contributed by atoms with Crippen LogP contribution in [0.15, 0.2) is 18.2 Å². The molecular weight excluding hydrogens is 148 g/mol. The van der Waals surface area contributed by atoms with E-state index >= 15 is 0 Å². The number of hydrogen-bond acceptors (Lipinski definition) is 1. The van der Waals surface area contributed by atoms with E-state index in [2.05, 4.69) is 0 Å². The van der Waals surface area contributed by atoms with Gasteiger partial charge < -0.3 is 5.73 Å². The summed E-state index contributed by atoms with van der Waals surface area (Å²) in [5, 5.41) is 0. The van der Waals surface area contributed by atoms with Gasteiger partial charge in [-0.2, -0.15) is 0 Å². The minimum atomic E-state index is -0.713. The Bertz CT molecular complexity index is 203. The van der Waals surface area contributed by atoms with E-state index in [9.17, 15) is 8.78 Å². The predicted molar refractivity (Wildman–Crippen MR) is 42.1 cm³/mol. The molecule has 1 nitrogen and oxygen atoms in total. The number of anilines is 1. The third-order valence-electron chi connectivity index (χ3n) is 1.000. The van der Waals surface area contributed by atoms with Crippen molar-refractivity contribution in [2.24, 2.45) is 0 Å². The number of nitrogens with two attached hydrogens (primary N) is 1. The molecule has 0 radical (unpaired) electrons. The van der Waals surface area contributed by atoms with Crippen molar-refractivity contribution in [3.05, 3.63) is 29.8 Å². The van der Waals surface area contributed by atoms with Gasteiger partial charge >= 0.3 is 0 Å². The second-order valence-electron chi connectivity index (χ2n) is 1.64. The first-order chi connectivity index (χ1) is 5.22. The fourth-order valence-corrected chi connectivity index (χ4v) is 0.511. The molecule has 0 aliphatic heterocycles. The van der Waals surface area contributed by atoms with Crippen LogP contribution >= 0.6 is 0 Å². The van der Waals surface area contributed by atoms with E-state index in [4.69, 9.17) is 5.73 Å². The first-order valence-electron chi connectivity index (χ1n) is 3.41. The van der Waals surface area contributed by atoms with Gasteiger partial charge in [-0.05, 0) is 12.1 Å². The summed E-state index contributed by atoms with van der Waals surface area (Å²) in [4.78, 5) is 0. The monoisotopic (exact) mass is 159 g/mol. The molecule has 2 N–H and O–H groups in total. The number of para-hydroxylation sites is 1. The van der Waals surface area contributed by atoms with Crippen molar-refractivity contribution in [2.45, 2.75) is 13.8 Å². The van der Waals surface area contributed by atoms with Crippen molar-refractivity contribution in [3.8, 4) is 0 Å². The molecule has 0 unspecified atom stereocenters. The van der Waals surface area contributed by atoms with Gasteiger partial charge in [0, 0.05) is 0 Å². The minimum Gasteiger partial charge on any atom is -0.394 e. The number of nitrogen functional groups attached to an aromatic ring is 1. The molecule has 0 aliphatic carbocycles. The van der Waals surface area contributed by atoms with E-state index in [0.717, 1.165) is 12.1 Å². The van der Waals surface area contributed by atoms with Crippen LogP contribution in [0.2, 0.25) is 0 Å². The summed E-state index contributed by atoms with van der Waals surface area (Å²) in [5.74, 6) is -1.43. The van der Waals surface area contributed by atoms with E-state index in [1.54, 1.807) is 0 Å². The Morgan fingerprint density at radius 1 is 1.09 bits per heavy atom. The lowest BCUT2D eigenvalue weighted by Gasteiger charge is -1.94. The van der Waals surface area contributed by atoms with E-state index in [0.29, 0.717) is 0 Å². The smallest absolute Gasteiger partial charge is 0.149 e. The van der Waals surface area contributed by atoms with E-state index in [1.807, 2.05) is 13.8 Å². The van der Waals surface area contributed by atoms with Gasteiger partial charge in [-0.1, -0.05) is 19.9 Å². The van der Waals surface area contributed by atoms with Crippen LogP contribution < -0.4 is 5.73 Å². The SMILES string of the molecule is CC.Nc1c(F)cccc1F. The molecule has 0 saturated heterocycles. The molecule has 0 atom stereocenters. The fourth-order valence-electron chi connectivity index (χ4n) is 0.511. The Balaban J connectivity index is 0.000000461. The Morgan fingerprint density at radius 2 is 1.45 bits per heavy atom. The van der Waals surface area contributed by atoms with Crippen molar-refractivity contribution in [2.75, 3.05) is 5.73 Å². The molecule has 0 saturated carbocycles. The van der Waals surface area contributed by atoms with Crippen LogP contribution in [0.25, 0.3) is 0 Å². The molecule has 62 valence electrons. The predicted octanol–water partition coefficient (Wildman–Crippen LogP) is 2.57. The summed E-state index contributed by atoms with van der Waals surface area (Å²) in [6, 6.07) is 3.48. The zero-order chi connectivity index (χ0) is 8.85. The average molecular weight is 159 g/mol. The first kappa shape index (κ1) is 9.88. The Morgan fingerprint density at radius 3 is 1.73 bits per heavy atom.